The number of methoxy groups -OCH3 is 1. The molecular weight excluding hydrogens is 544 g/mol. The highest BCUT2D eigenvalue weighted by Crippen LogP contribution is 2.42. The number of anilines is 1. The molecule has 37 heavy (non-hydrogen) atoms. The van der Waals surface area contributed by atoms with Gasteiger partial charge in [0.2, 0.25) is 5.92 Å². The van der Waals surface area contributed by atoms with Gasteiger partial charge in [-0.3, -0.25) is 9.80 Å². The molecule has 1 spiro atoms. The largest absolute Gasteiger partial charge is 0.497 e. The zero-order valence-electron chi connectivity index (χ0n) is 21.1. The summed E-state index contributed by atoms with van der Waals surface area (Å²) in [4.78, 5) is 19.7. The molecule has 1 saturated carbocycles. The molecule has 5 rings (SSSR count). The van der Waals surface area contributed by atoms with E-state index in [9.17, 15) is 18.7 Å². The van der Waals surface area contributed by atoms with Crippen molar-refractivity contribution in [2.45, 2.75) is 62.8 Å². The van der Waals surface area contributed by atoms with Gasteiger partial charge in [0, 0.05) is 42.6 Å². The second-order valence-electron chi connectivity index (χ2n) is 10.7. The van der Waals surface area contributed by atoms with Gasteiger partial charge in [-0.25, -0.2) is 13.6 Å². The molecule has 2 aromatic rings. The summed E-state index contributed by atoms with van der Waals surface area (Å²) >= 11 is 3.47. The van der Waals surface area contributed by atoms with Gasteiger partial charge in [0.1, 0.15) is 12.0 Å². The Kier molecular flexibility index (Phi) is 7.49. The number of ether oxygens (including phenoxy) is 1. The lowest BCUT2D eigenvalue weighted by molar-refractivity contribution is -0.108. The molecule has 2 aromatic carbocycles. The van der Waals surface area contributed by atoms with Crippen molar-refractivity contribution in [2.24, 2.45) is 5.92 Å². The molecule has 2 saturated heterocycles. The van der Waals surface area contributed by atoms with Crippen LogP contribution < -0.4 is 9.64 Å². The van der Waals surface area contributed by atoms with Crippen molar-refractivity contribution in [1.29, 1.82) is 0 Å². The first-order valence-electron chi connectivity index (χ1n) is 13.0. The van der Waals surface area contributed by atoms with Crippen LogP contribution in [-0.2, 0) is 6.54 Å². The maximum absolute atomic E-state index is 13.8. The Hall–Kier alpha value is -2.23. The molecule has 0 bridgehead atoms. The number of aliphatic hydroxyl groups is 1. The first-order valence-corrected chi connectivity index (χ1v) is 13.8. The van der Waals surface area contributed by atoms with Gasteiger partial charge in [0.15, 0.2) is 0 Å². The number of benzene rings is 2. The second kappa shape index (κ2) is 10.5. The molecule has 200 valence electrons. The Morgan fingerprint density at radius 1 is 1.08 bits per heavy atom. The van der Waals surface area contributed by atoms with Crippen LogP contribution in [0.1, 0.15) is 44.1 Å². The molecule has 1 aliphatic carbocycles. The standard InChI is InChI=1S/C28H34BrF2N3O3/c1-37-24-4-2-3-20(17-24)18-34-26(36)33(23-7-5-22(29)6-8-23)19-27(34)13-15-32(16-14-27)25(35)21-9-11-28(30,31)12-10-21/h2-8,17,21,25,35H,9-16,18-19H2,1H3. The number of hydrogen-bond acceptors (Lipinski definition) is 4. The minimum Gasteiger partial charge on any atom is -0.497 e. The minimum absolute atomic E-state index is 0.0337. The van der Waals surface area contributed by atoms with Crippen molar-refractivity contribution in [2.75, 3.05) is 31.6 Å². The van der Waals surface area contributed by atoms with Crippen LogP contribution in [-0.4, -0.2) is 65.4 Å². The molecule has 0 aromatic heterocycles. The van der Waals surface area contributed by atoms with E-state index in [-0.39, 0.29) is 30.3 Å². The van der Waals surface area contributed by atoms with Gasteiger partial charge in [-0.2, -0.15) is 0 Å². The van der Waals surface area contributed by atoms with Gasteiger partial charge >= 0.3 is 6.03 Å². The summed E-state index contributed by atoms with van der Waals surface area (Å²) in [5.41, 5.74) is 1.46. The highest BCUT2D eigenvalue weighted by molar-refractivity contribution is 9.10. The molecule has 2 aliphatic heterocycles. The predicted molar refractivity (Wildman–Crippen MR) is 142 cm³/mol. The lowest BCUT2D eigenvalue weighted by atomic mass is 9.82. The van der Waals surface area contributed by atoms with E-state index >= 15 is 0 Å². The number of hydrogen-bond donors (Lipinski definition) is 1. The van der Waals surface area contributed by atoms with Crippen molar-refractivity contribution >= 4 is 27.6 Å². The van der Waals surface area contributed by atoms with E-state index in [1.54, 1.807) is 7.11 Å². The zero-order valence-corrected chi connectivity index (χ0v) is 22.7. The van der Waals surface area contributed by atoms with Crippen LogP contribution in [0.5, 0.6) is 5.75 Å². The number of nitrogens with zero attached hydrogens (tertiary/aromatic N) is 3. The van der Waals surface area contributed by atoms with Crippen molar-refractivity contribution in [3.63, 3.8) is 0 Å². The number of halogens is 3. The molecule has 3 aliphatic rings. The highest BCUT2D eigenvalue weighted by atomic mass is 79.9. The predicted octanol–water partition coefficient (Wildman–Crippen LogP) is 5.88. The van der Waals surface area contributed by atoms with Crippen LogP contribution >= 0.6 is 15.9 Å². The first-order chi connectivity index (χ1) is 17.7. The average Bonchev–Trinajstić information content (AvgIpc) is 3.15. The fraction of sp³-hybridized carbons (Fsp3) is 0.536. The number of rotatable bonds is 6. The summed E-state index contributed by atoms with van der Waals surface area (Å²) in [6.45, 7) is 2.26. The minimum atomic E-state index is -2.61. The number of likely N-dealkylation sites (tertiary alicyclic amines) is 1. The normalized spacial score (nSPS) is 23.0. The van der Waals surface area contributed by atoms with E-state index in [4.69, 9.17) is 4.74 Å². The van der Waals surface area contributed by atoms with Crippen molar-refractivity contribution in [1.82, 2.24) is 9.80 Å². The third-order valence-corrected chi connectivity index (χ3v) is 8.91. The van der Waals surface area contributed by atoms with Crippen molar-refractivity contribution in [3.8, 4) is 5.75 Å². The fourth-order valence-electron chi connectivity index (χ4n) is 6.10. The monoisotopic (exact) mass is 577 g/mol. The van der Waals surface area contributed by atoms with Crippen LogP contribution in [0.3, 0.4) is 0 Å². The molecule has 2 amide bonds. The molecule has 3 fully saturated rings. The van der Waals surface area contributed by atoms with Crippen LogP contribution in [0, 0.1) is 5.92 Å². The highest BCUT2D eigenvalue weighted by Gasteiger charge is 2.52. The molecule has 1 atom stereocenters. The lowest BCUT2D eigenvalue weighted by Gasteiger charge is -2.46. The summed E-state index contributed by atoms with van der Waals surface area (Å²) in [6, 6.07) is 15.5. The number of urea groups is 1. The third kappa shape index (κ3) is 5.49. The molecule has 6 nitrogen and oxygen atoms in total. The molecule has 0 radical (unpaired) electrons. The Morgan fingerprint density at radius 3 is 2.41 bits per heavy atom. The first kappa shape index (κ1) is 26.4. The smallest absolute Gasteiger partial charge is 0.325 e. The topological polar surface area (TPSA) is 56.2 Å². The van der Waals surface area contributed by atoms with E-state index in [1.807, 2.05) is 63.2 Å². The quantitative estimate of drug-likeness (QED) is 0.466. The van der Waals surface area contributed by atoms with E-state index in [0.717, 1.165) is 21.5 Å². The summed E-state index contributed by atoms with van der Waals surface area (Å²) < 4.78 is 33.6. The Morgan fingerprint density at radius 2 is 1.76 bits per heavy atom. The molecule has 1 unspecified atom stereocenters. The van der Waals surface area contributed by atoms with E-state index in [0.29, 0.717) is 51.9 Å². The van der Waals surface area contributed by atoms with Crippen LogP contribution in [0.2, 0.25) is 0 Å². The summed E-state index contributed by atoms with van der Waals surface area (Å²) in [7, 11) is 1.63. The van der Waals surface area contributed by atoms with Crippen molar-refractivity contribution in [3.05, 3.63) is 58.6 Å². The fourth-order valence-corrected chi connectivity index (χ4v) is 6.36. The second-order valence-corrected chi connectivity index (χ2v) is 11.6. The average molecular weight is 578 g/mol. The van der Waals surface area contributed by atoms with E-state index in [1.165, 1.54) is 0 Å². The zero-order chi connectivity index (χ0) is 26.2. The lowest BCUT2D eigenvalue weighted by Crippen LogP contribution is -2.57. The van der Waals surface area contributed by atoms with Gasteiger partial charge in [0.05, 0.1) is 19.2 Å². The van der Waals surface area contributed by atoms with Gasteiger partial charge in [-0.15, -0.1) is 0 Å². The number of aliphatic hydroxyl groups excluding tert-OH is 1. The maximum atomic E-state index is 13.8. The molecule has 9 heteroatoms. The Labute approximate surface area is 225 Å². The molecule has 1 N–H and O–H groups in total. The molecule has 2 heterocycles. The summed E-state index contributed by atoms with van der Waals surface area (Å²) in [5, 5.41) is 11.0. The van der Waals surface area contributed by atoms with Crippen molar-refractivity contribution < 1.29 is 23.4 Å². The SMILES string of the molecule is COc1cccc(CN2C(=O)N(c3ccc(Br)cc3)CC23CCN(C(O)C2CCC(F)(F)CC2)CC3)c1. The third-order valence-electron chi connectivity index (χ3n) is 8.39. The Balaban J connectivity index is 1.35. The number of carbonyl (C=O) groups excluding carboxylic acids is 1. The summed E-state index contributed by atoms with van der Waals surface area (Å²) in [6.07, 6.45) is 1.06. The van der Waals surface area contributed by atoms with Gasteiger partial charge < -0.3 is 14.7 Å². The van der Waals surface area contributed by atoms with Gasteiger partial charge in [0.25, 0.3) is 0 Å². The Bertz CT molecular complexity index is 1100. The van der Waals surface area contributed by atoms with E-state index in [2.05, 4.69) is 15.9 Å². The molecular formula is C28H34BrF2N3O3. The van der Waals surface area contributed by atoms with Gasteiger partial charge in [-0.05, 0) is 73.6 Å². The summed E-state index contributed by atoms with van der Waals surface area (Å²) in [5.74, 6) is -1.99. The van der Waals surface area contributed by atoms with Crippen LogP contribution in [0.15, 0.2) is 53.0 Å². The van der Waals surface area contributed by atoms with E-state index < -0.39 is 12.2 Å². The van der Waals surface area contributed by atoms with Crippen LogP contribution in [0.25, 0.3) is 0 Å². The maximum Gasteiger partial charge on any atom is 0.325 e. The number of amides is 2. The van der Waals surface area contributed by atoms with Gasteiger partial charge in [-0.1, -0.05) is 28.1 Å². The number of carbonyl (C=O) groups is 1. The number of piperidine rings is 1. The van der Waals surface area contributed by atoms with Crippen LogP contribution in [0.4, 0.5) is 19.3 Å². The number of alkyl halides is 2.